The Hall–Kier alpha value is -0.410. The predicted octanol–water partition coefficient (Wildman–Crippen LogP) is 4.10. The molecule has 0 unspecified atom stereocenters. The van der Waals surface area contributed by atoms with E-state index in [2.05, 4.69) is 41.9 Å². The van der Waals surface area contributed by atoms with Crippen molar-refractivity contribution in [3.8, 4) is 0 Å². The summed E-state index contributed by atoms with van der Waals surface area (Å²) in [6.07, 6.45) is 0. The third-order valence-electron chi connectivity index (χ3n) is 2.70. The molecule has 0 aliphatic rings. The van der Waals surface area contributed by atoms with Crippen LogP contribution in [0.3, 0.4) is 0 Å². The molecule has 0 atom stereocenters. The SMILES string of the molecule is CNCc1csc(S(=O)(=O)Nc2c(Br)cc(C)cc2Br)c1. The number of thiophene rings is 1. The molecule has 2 aromatic rings. The van der Waals surface area contributed by atoms with Crippen LogP contribution in [0.15, 0.2) is 36.7 Å². The van der Waals surface area contributed by atoms with Crippen molar-refractivity contribution in [2.24, 2.45) is 0 Å². The molecule has 1 aromatic carbocycles. The lowest BCUT2D eigenvalue weighted by Gasteiger charge is -2.11. The van der Waals surface area contributed by atoms with Crippen LogP contribution in [0.25, 0.3) is 0 Å². The molecule has 0 amide bonds. The fourth-order valence-electron chi connectivity index (χ4n) is 1.77. The van der Waals surface area contributed by atoms with E-state index in [-0.39, 0.29) is 0 Å². The van der Waals surface area contributed by atoms with Gasteiger partial charge in [-0.1, -0.05) is 0 Å². The minimum atomic E-state index is -3.59. The second-order valence-electron chi connectivity index (χ2n) is 4.51. The van der Waals surface area contributed by atoms with Crippen LogP contribution in [0.4, 0.5) is 5.69 Å². The van der Waals surface area contributed by atoms with Gasteiger partial charge in [0.25, 0.3) is 10.0 Å². The first-order valence-corrected chi connectivity index (χ1v) is 9.99. The van der Waals surface area contributed by atoms with Crippen molar-refractivity contribution >= 4 is 58.9 Å². The number of nitrogens with one attached hydrogen (secondary N) is 2. The summed E-state index contributed by atoms with van der Waals surface area (Å²) in [7, 11) is -1.76. The number of aryl methyl sites for hydroxylation is 1. The van der Waals surface area contributed by atoms with Crippen molar-refractivity contribution in [2.75, 3.05) is 11.8 Å². The van der Waals surface area contributed by atoms with Crippen LogP contribution < -0.4 is 10.0 Å². The van der Waals surface area contributed by atoms with Crippen LogP contribution in [0.1, 0.15) is 11.1 Å². The Morgan fingerprint density at radius 2 is 1.81 bits per heavy atom. The van der Waals surface area contributed by atoms with Crippen molar-refractivity contribution in [3.63, 3.8) is 0 Å². The molecule has 0 aliphatic heterocycles. The predicted molar refractivity (Wildman–Crippen MR) is 94.5 cm³/mol. The molecule has 0 spiro atoms. The summed E-state index contributed by atoms with van der Waals surface area (Å²) in [6, 6.07) is 5.41. The monoisotopic (exact) mass is 452 g/mol. The van der Waals surface area contributed by atoms with Crippen molar-refractivity contribution < 1.29 is 8.42 Å². The van der Waals surface area contributed by atoms with Gasteiger partial charge in [-0.3, -0.25) is 4.72 Å². The molecule has 2 N–H and O–H groups in total. The summed E-state index contributed by atoms with van der Waals surface area (Å²) in [5.41, 5.74) is 2.48. The number of rotatable bonds is 5. The summed E-state index contributed by atoms with van der Waals surface area (Å²) in [5, 5.41) is 4.84. The van der Waals surface area contributed by atoms with E-state index in [9.17, 15) is 8.42 Å². The van der Waals surface area contributed by atoms with Gasteiger partial charge >= 0.3 is 0 Å². The van der Waals surface area contributed by atoms with E-state index in [4.69, 9.17) is 0 Å². The van der Waals surface area contributed by atoms with E-state index < -0.39 is 10.0 Å². The Bertz CT molecular complexity index is 734. The molecule has 114 valence electrons. The maximum atomic E-state index is 12.4. The van der Waals surface area contributed by atoms with Crippen molar-refractivity contribution in [2.45, 2.75) is 17.7 Å². The largest absolute Gasteiger partial charge is 0.316 e. The molecule has 1 heterocycles. The quantitative estimate of drug-likeness (QED) is 0.716. The normalized spacial score (nSPS) is 11.6. The van der Waals surface area contributed by atoms with Gasteiger partial charge in [0.15, 0.2) is 0 Å². The standard InChI is InChI=1S/C13H14Br2N2O2S2/c1-8-3-10(14)13(11(15)4-8)17-21(18,19)12-5-9(6-16-2)7-20-12/h3-5,7,16-17H,6H2,1-2H3. The number of anilines is 1. The van der Waals surface area contributed by atoms with E-state index in [1.165, 1.54) is 11.3 Å². The van der Waals surface area contributed by atoms with Crippen LogP contribution in [-0.4, -0.2) is 15.5 Å². The molecule has 0 bridgehead atoms. The molecule has 0 aliphatic carbocycles. The molecule has 8 heteroatoms. The summed E-state index contributed by atoms with van der Waals surface area (Å²) in [4.78, 5) is 0. The van der Waals surface area contributed by atoms with Gasteiger partial charge in [0.1, 0.15) is 4.21 Å². The number of sulfonamides is 1. The van der Waals surface area contributed by atoms with Crippen LogP contribution in [-0.2, 0) is 16.6 Å². The maximum absolute atomic E-state index is 12.4. The Balaban J connectivity index is 2.33. The highest BCUT2D eigenvalue weighted by molar-refractivity contribution is 9.11. The van der Waals surface area contributed by atoms with E-state index >= 15 is 0 Å². The average Bonchev–Trinajstić information content (AvgIpc) is 2.84. The lowest BCUT2D eigenvalue weighted by Crippen LogP contribution is -2.12. The summed E-state index contributed by atoms with van der Waals surface area (Å²) >= 11 is 7.99. The van der Waals surface area contributed by atoms with Crippen LogP contribution in [0, 0.1) is 6.92 Å². The molecular formula is C13H14Br2N2O2S2. The van der Waals surface area contributed by atoms with E-state index in [0.717, 1.165) is 11.1 Å². The van der Waals surface area contributed by atoms with Crippen molar-refractivity contribution in [1.29, 1.82) is 0 Å². The van der Waals surface area contributed by atoms with Crippen LogP contribution >= 0.6 is 43.2 Å². The first kappa shape index (κ1) is 17.0. The highest BCUT2D eigenvalue weighted by Gasteiger charge is 2.19. The van der Waals surface area contributed by atoms with Gasteiger partial charge in [-0.15, -0.1) is 11.3 Å². The van der Waals surface area contributed by atoms with Gasteiger partial charge in [-0.05, 0) is 80.5 Å². The minimum Gasteiger partial charge on any atom is -0.316 e. The van der Waals surface area contributed by atoms with Crippen molar-refractivity contribution in [1.82, 2.24) is 5.32 Å². The fourth-order valence-corrected chi connectivity index (χ4v) is 5.96. The zero-order valence-corrected chi connectivity index (χ0v) is 16.2. The van der Waals surface area contributed by atoms with Crippen LogP contribution in [0.2, 0.25) is 0 Å². The summed E-state index contributed by atoms with van der Waals surface area (Å²) in [5.74, 6) is 0. The van der Waals surface area contributed by atoms with Gasteiger partial charge in [-0.2, -0.15) is 0 Å². The zero-order chi connectivity index (χ0) is 15.6. The number of halogens is 2. The highest BCUT2D eigenvalue weighted by atomic mass is 79.9. The second-order valence-corrected chi connectivity index (χ2v) is 9.04. The van der Waals surface area contributed by atoms with Crippen molar-refractivity contribution in [3.05, 3.63) is 43.7 Å². The molecule has 0 saturated heterocycles. The zero-order valence-electron chi connectivity index (χ0n) is 11.4. The Kier molecular flexibility index (Phi) is 5.48. The summed E-state index contributed by atoms with van der Waals surface area (Å²) in [6.45, 7) is 2.58. The number of hydrogen-bond acceptors (Lipinski definition) is 4. The topological polar surface area (TPSA) is 58.2 Å². The van der Waals surface area contributed by atoms with E-state index in [1.54, 1.807) is 6.07 Å². The minimum absolute atomic E-state index is 0.298. The van der Waals surface area contributed by atoms with Gasteiger partial charge < -0.3 is 5.32 Å². The second kappa shape index (κ2) is 6.78. The molecule has 0 radical (unpaired) electrons. The fraction of sp³-hybridized carbons (Fsp3) is 0.231. The smallest absolute Gasteiger partial charge is 0.271 e. The Labute approximate surface area is 145 Å². The first-order chi connectivity index (χ1) is 9.83. The Morgan fingerprint density at radius 1 is 1.19 bits per heavy atom. The van der Waals surface area contributed by atoms with Gasteiger partial charge in [0, 0.05) is 15.5 Å². The molecular weight excluding hydrogens is 440 g/mol. The van der Waals surface area contributed by atoms with Gasteiger partial charge in [0.05, 0.1) is 5.69 Å². The summed E-state index contributed by atoms with van der Waals surface area (Å²) < 4.78 is 29.2. The van der Waals surface area contributed by atoms with Crippen LogP contribution in [0.5, 0.6) is 0 Å². The highest BCUT2D eigenvalue weighted by Crippen LogP contribution is 2.34. The number of benzene rings is 1. The molecule has 4 nitrogen and oxygen atoms in total. The third-order valence-corrected chi connectivity index (χ3v) is 6.79. The van der Waals surface area contributed by atoms with Gasteiger partial charge in [-0.25, -0.2) is 8.42 Å². The van der Waals surface area contributed by atoms with Gasteiger partial charge in [0.2, 0.25) is 0 Å². The molecule has 21 heavy (non-hydrogen) atoms. The average molecular weight is 454 g/mol. The first-order valence-electron chi connectivity index (χ1n) is 6.04. The lowest BCUT2D eigenvalue weighted by atomic mass is 10.2. The maximum Gasteiger partial charge on any atom is 0.271 e. The lowest BCUT2D eigenvalue weighted by molar-refractivity contribution is 0.603. The molecule has 0 saturated carbocycles. The van der Waals surface area contributed by atoms with E-state index in [1.807, 2.05) is 31.5 Å². The molecule has 0 fully saturated rings. The van der Waals surface area contributed by atoms with E-state index in [0.29, 0.717) is 25.4 Å². The number of hydrogen-bond donors (Lipinski definition) is 2. The third kappa shape index (κ3) is 4.07. The molecule has 1 aromatic heterocycles. The Morgan fingerprint density at radius 3 is 2.38 bits per heavy atom. The molecule has 2 rings (SSSR count).